The third-order valence-electron chi connectivity index (χ3n) is 2.88. The van der Waals surface area contributed by atoms with E-state index in [1.165, 1.54) is 7.11 Å². The van der Waals surface area contributed by atoms with Crippen molar-refractivity contribution in [3.8, 4) is 0 Å². The summed E-state index contributed by atoms with van der Waals surface area (Å²) in [6.45, 7) is 5.58. The van der Waals surface area contributed by atoms with Gasteiger partial charge in [0.15, 0.2) is 0 Å². The molecule has 0 saturated heterocycles. The Morgan fingerprint density at radius 3 is 1.94 bits per heavy atom. The molecule has 100 valence electrons. The molecule has 3 unspecified atom stereocenters. The fraction of sp³-hybridized carbons (Fsp3) is 0.833. The Balaban J connectivity index is 5.03. The molecule has 0 aliphatic rings. The lowest BCUT2D eigenvalue weighted by Gasteiger charge is -2.28. The maximum Gasteiger partial charge on any atom is 0.310 e. The van der Waals surface area contributed by atoms with E-state index >= 15 is 0 Å². The monoisotopic (exact) mass is 246 g/mol. The van der Waals surface area contributed by atoms with E-state index in [2.05, 4.69) is 0 Å². The van der Waals surface area contributed by atoms with Gasteiger partial charge < -0.3 is 14.9 Å². The van der Waals surface area contributed by atoms with Crippen LogP contribution in [0.4, 0.5) is 0 Å². The number of hydrogen-bond acceptors (Lipinski definition) is 3. The number of hydrogen-bond donors (Lipinski definition) is 2. The van der Waals surface area contributed by atoms with Crippen LogP contribution >= 0.6 is 0 Å². The molecule has 0 spiro atoms. The van der Waals surface area contributed by atoms with Gasteiger partial charge in [0.2, 0.25) is 0 Å². The van der Waals surface area contributed by atoms with Gasteiger partial charge in [-0.25, -0.2) is 0 Å². The maximum atomic E-state index is 11.2. The van der Waals surface area contributed by atoms with Crippen molar-refractivity contribution in [1.29, 1.82) is 0 Å². The van der Waals surface area contributed by atoms with Crippen molar-refractivity contribution in [2.24, 2.45) is 17.8 Å². The smallest absolute Gasteiger partial charge is 0.310 e. The van der Waals surface area contributed by atoms with E-state index in [4.69, 9.17) is 9.84 Å². The van der Waals surface area contributed by atoms with E-state index < -0.39 is 29.9 Å². The van der Waals surface area contributed by atoms with Crippen LogP contribution in [-0.4, -0.2) is 35.4 Å². The molecule has 0 saturated carbocycles. The molecule has 5 heteroatoms. The fourth-order valence-electron chi connectivity index (χ4n) is 2.03. The molecule has 3 atom stereocenters. The largest absolute Gasteiger partial charge is 0.481 e. The molecule has 0 bridgehead atoms. The summed E-state index contributed by atoms with van der Waals surface area (Å²) in [6.07, 6.45) is 0.259. The predicted molar refractivity (Wildman–Crippen MR) is 62.8 cm³/mol. The van der Waals surface area contributed by atoms with Gasteiger partial charge in [0.05, 0.1) is 17.9 Å². The third kappa shape index (κ3) is 4.73. The first-order chi connectivity index (χ1) is 7.84. The standard InChI is InChI=1S/C12H22O5/c1-5-8(11(13)14)10(12(15)16)9(17-4)6-7(2)3/h7-10H,5-6H2,1-4H3,(H,13,14)(H,15,16). The molecule has 0 rings (SSSR count). The number of carbonyl (C=O) groups is 2. The molecule has 0 radical (unpaired) electrons. The van der Waals surface area contributed by atoms with E-state index in [1.54, 1.807) is 6.92 Å². The van der Waals surface area contributed by atoms with Gasteiger partial charge in [-0.1, -0.05) is 20.8 Å². The zero-order chi connectivity index (χ0) is 13.6. The van der Waals surface area contributed by atoms with Gasteiger partial charge in [-0.3, -0.25) is 9.59 Å². The van der Waals surface area contributed by atoms with Gasteiger partial charge in [0.25, 0.3) is 0 Å². The van der Waals surface area contributed by atoms with E-state index in [1.807, 2.05) is 13.8 Å². The summed E-state index contributed by atoms with van der Waals surface area (Å²) >= 11 is 0. The first-order valence-corrected chi connectivity index (χ1v) is 5.83. The summed E-state index contributed by atoms with van der Waals surface area (Å²) in [5.74, 6) is -3.83. The van der Waals surface area contributed by atoms with Gasteiger partial charge >= 0.3 is 11.9 Å². The molecule has 0 fully saturated rings. The molecule has 0 aliphatic carbocycles. The SMILES string of the molecule is CCC(C(=O)O)C(C(=O)O)C(CC(C)C)OC. The maximum absolute atomic E-state index is 11.2. The van der Waals surface area contributed by atoms with E-state index in [-0.39, 0.29) is 12.3 Å². The summed E-state index contributed by atoms with van der Waals surface area (Å²) in [4.78, 5) is 22.3. The molecule has 5 nitrogen and oxygen atoms in total. The van der Waals surface area contributed by atoms with Crippen LogP contribution in [0, 0.1) is 17.8 Å². The van der Waals surface area contributed by atoms with Crippen LogP contribution in [-0.2, 0) is 14.3 Å². The Morgan fingerprint density at radius 1 is 1.18 bits per heavy atom. The average Bonchev–Trinajstić information content (AvgIpc) is 2.21. The van der Waals surface area contributed by atoms with Gasteiger partial charge in [-0.2, -0.15) is 0 Å². The number of methoxy groups -OCH3 is 1. The molecule has 0 aromatic carbocycles. The van der Waals surface area contributed by atoms with Crippen LogP contribution in [0.3, 0.4) is 0 Å². The number of aliphatic carboxylic acids is 2. The quantitative estimate of drug-likeness (QED) is 0.683. The average molecular weight is 246 g/mol. The highest BCUT2D eigenvalue weighted by Gasteiger charge is 2.39. The molecule has 2 N–H and O–H groups in total. The van der Waals surface area contributed by atoms with E-state index in [9.17, 15) is 14.7 Å². The van der Waals surface area contributed by atoms with Crippen LogP contribution in [0.1, 0.15) is 33.6 Å². The topological polar surface area (TPSA) is 83.8 Å². The summed E-state index contributed by atoms with van der Waals surface area (Å²) < 4.78 is 5.17. The van der Waals surface area contributed by atoms with Crippen LogP contribution in [0.5, 0.6) is 0 Å². The van der Waals surface area contributed by atoms with Crippen molar-refractivity contribution in [3.63, 3.8) is 0 Å². The molecular formula is C12H22O5. The molecule has 17 heavy (non-hydrogen) atoms. The number of rotatable bonds is 8. The van der Waals surface area contributed by atoms with Crippen LogP contribution < -0.4 is 0 Å². The van der Waals surface area contributed by atoms with Gasteiger partial charge in [0.1, 0.15) is 0 Å². The second-order valence-electron chi connectivity index (χ2n) is 4.62. The second kappa shape index (κ2) is 7.27. The molecule has 0 amide bonds. The molecule has 0 aliphatic heterocycles. The Bertz CT molecular complexity index is 262. The van der Waals surface area contributed by atoms with Crippen molar-refractivity contribution < 1.29 is 24.5 Å². The molecule has 0 aromatic heterocycles. The third-order valence-corrected chi connectivity index (χ3v) is 2.88. The van der Waals surface area contributed by atoms with Crippen LogP contribution in [0.2, 0.25) is 0 Å². The summed E-state index contributed by atoms with van der Waals surface area (Å²) in [5, 5.41) is 18.2. The minimum atomic E-state index is -1.10. The Hall–Kier alpha value is -1.10. The highest BCUT2D eigenvalue weighted by Crippen LogP contribution is 2.26. The summed E-state index contributed by atoms with van der Waals surface area (Å²) in [5.41, 5.74) is 0. The number of carboxylic acid groups (broad SMARTS) is 2. The summed E-state index contributed by atoms with van der Waals surface area (Å²) in [6, 6.07) is 0. The van der Waals surface area contributed by atoms with Crippen molar-refractivity contribution in [1.82, 2.24) is 0 Å². The Kier molecular flexibility index (Phi) is 6.80. The lowest BCUT2D eigenvalue weighted by molar-refractivity contribution is -0.160. The zero-order valence-corrected chi connectivity index (χ0v) is 10.8. The Morgan fingerprint density at radius 2 is 1.71 bits per heavy atom. The van der Waals surface area contributed by atoms with E-state index in [0.29, 0.717) is 6.42 Å². The summed E-state index contributed by atoms with van der Waals surface area (Å²) in [7, 11) is 1.43. The fourth-order valence-corrected chi connectivity index (χ4v) is 2.03. The van der Waals surface area contributed by atoms with Crippen molar-refractivity contribution in [2.75, 3.05) is 7.11 Å². The van der Waals surface area contributed by atoms with Crippen LogP contribution in [0.25, 0.3) is 0 Å². The predicted octanol–water partition coefficient (Wildman–Crippen LogP) is 1.86. The lowest BCUT2D eigenvalue weighted by atomic mass is 9.82. The lowest BCUT2D eigenvalue weighted by Crippen LogP contribution is -2.40. The normalized spacial score (nSPS) is 16.5. The van der Waals surface area contributed by atoms with Crippen molar-refractivity contribution in [2.45, 2.75) is 39.7 Å². The second-order valence-corrected chi connectivity index (χ2v) is 4.62. The number of ether oxygens (including phenoxy) is 1. The highest BCUT2D eigenvalue weighted by molar-refractivity contribution is 5.80. The zero-order valence-electron chi connectivity index (χ0n) is 10.8. The highest BCUT2D eigenvalue weighted by atomic mass is 16.5. The molecule has 0 aromatic rings. The minimum Gasteiger partial charge on any atom is -0.481 e. The van der Waals surface area contributed by atoms with Crippen molar-refractivity contribution in [3.05, 3.63) is 0 Å². The molecular weight excluding hydrogens is 224 g/mol. The van der Waals surface area contributed by atoms with Gasteiger partial charge in [-0.05, 0) is 18.8 Å². The molecule has 0 heterocycles. The van der Waals surface area contributed by atoms with Gasteiger partial charge in [-0.15, -0.1) is 0 Å². The number of carboxylic acids is 2. The van der Waals surface area contributed by atoms with Crippen molar-refractivity contribution >= 4 is 11.9 Å². The Labute approximate surface area is 102 Å². The first-order valence-electron chi connectivity index (χ1n) is 5.83. The van der Waals surface area contributed by atoms with Crippen LogP contribution in [0.15, 0.2) is 0 Å². The first kappa shape index (κ1) is 15.9. The van der Waals surface area contributed by atoms with E-state index in [0.717, 1.165) is 0 Å². The minimum absolute atomic E-state index is 0.258. The van der Waals surface area contributed by atoms with Gasteiger partial charge in [0, 0.05) is 7.11 Å².